The van der Waals surface area contributed by atoms with Crippen LogP contribution in [0.1, 0.15) is 12.8 Å². The van der Waals surface area contributed by atoms with Crippen LogP contribution in [0.4, 0.5) is 0 Å². The largest absolute Gasteiger partial charge is 0.500 e. The fourth-order valence-electron chi connectivity index (χ4n) is 2.39. The fourth-order valence-corrected chi connectivity index (χ4v) is 6.00. The minimum absolute atomic E-state index is 0.315. The van der Waals surface area contributed by atoms with E-state index in [9.17, 15) is 4.79 Å². The second-order valence-electron chi connectivity index (χ2n) is 6.20. The minimum atomic E-state index is -2.52. The first-order chi connectivity index (χ1) is 13.3. The summed E-state index contributed by atoms with van der Waals surface area (Å²) in [5.74, 6) is 0.0103. The lowest BCUT2D eigenvalue weighted by Gasteiger charge is -2.26. The van der Waals surface area contributed by atoms with Crippen molar-refractivity contribution in [3.63, 3.8) is 0 Å². The third-order valence-corrected chi connectivity index (χ3v) is 10.3. The van der Waals surface area contributed by atoms with Gasteiger partial charge < -0.3 is 38.3 Å². The number of carbonyl (C=O) groups excluding carboxylic acids is 1. The van der Waals surface area contributed by atoms with Crippen molar-refractivity contribution in [3.8, 4) is 0 Å². The maximum Gasteiger partial charge on any atom is 0.500 e. The summed E-state index contributed by atoms with van der Waals surface area (Å²) >= 11 is 0. The van der Waals surface area contributed by atoms with Crippen LogP contribution in [0.2, 0.25) is 18.6 Å². The predicted octanol–water partition coefficient (Wildman–Crippen LogP) is 1.26. The summed E-state index contributed by atoms with van der Waals surface area (Å²) in [6, 6.07) is 1.54. The molecule has 0 radical (unpaired) electrons. The summed E-state index contributed by atoms with van der Waals surface area (Å²) in [5.41, 5.74) is 11.1. The van der Waals surface area contributed by atoms with Crippen LogP contribution in [0.25, 0.3) is 0 Å². The quantitative estimate of drug-likeness (QED) is 0.167. The van der Waals surface area contributed by atoms with E-state index in [1.54, 1.807) is 35.5 Å². The normalized spacial score (nSPS) is 12.7. The molecule has 11 heteroatoms. The van der Waals surface area contributed by atoms with Crippen molar-refractivity contribution < 1.29 is 31.7 Å². The number of ether oxygens (including phenoxy) is 1. The summed E-state index contributed by atoms with van der Waals surface area (Å²) in [4.78, 5) is 10.7. The zero-order chi connectivity index (χ0) is 22.1. The van der Waals surface area contributed by atoms with Crippen molar-refractivity contribution in [3.05, 3.63) is 12.7 Å². The molecule has 0 saturated carbocycles. The van der Waals surface area contributed by atoms with Crippen molar-refractivity contribution in [2.24, 2.45) is 17.4 Å². The van der Waals surface area contributed by atoms with Gasteiger partial charge >= 0.3 is 23.3 Å². The second kappa shape index (κ2) is 17.2. The molecule has 28 heavy (non-hydrogen) atoms. The lowest BCUT2D eigenvalue weighted by Crippen LogP contribution is -2.42. The third-order valence-electron chi connectivity index (χ3n) is 4.40. The molecule has 0 aromatic heterocycles. The van der Waals surface area contributed by atoms with Gasteiger partial charge in [0.15, 0.2) is 0 Å². The topological polar surface area (TPSA) is 124 Å². The molecule has 0 aliphatic heterocycles. The molecule has 0 rings (SSSR count). The average molecular weight is 441 g/mol. The highest BCUT2D eigenvalue weighted by molar-refractivity contribution is 6.66. The number of carbonyl (C=O) groups is 1. The molecule has 0 saturated heterocycles. The molecule has 0 aromatic carbocycles. The van der Waals surface area contributed by atoms with Crippen molar-refractivity contribution in [2.75, 3.05) is 55.2 Å². The van der Waals surface area contributed by atoms with Crippen LogP contribution < -0.4 is 11.5 Å². The maximum absolute atomic E-state index is 10.7. The Hall–Kier alpha value is -0.636. The van der Waals surface area contributed by atoms with Crippen LogP contribution in [0.5, 0.6) is 0 Å². The summed E-state index contributed by atoms with van der Waals surface area (Å²) in [5, 5.41) is 0. The van der Waals surface area contributed by atoms with Gasteiger partial charge in [0.2, 0.25) is 0 Å². The molecule has 0 heterocycles. The molecule has 0 spiro atoms. The molecule has 0 bridgehead atoms. The number of nitrogens with two attached hydrogens (primary N) is 2. The van der Waals surface area contributed by atoms with Crippen molar-refractivity contribution in [1.82, 2.24) is 0 Å². The first-order valence-corrected chi connectivity index (χ1v) is 13.7. The standard InChI is InChI=1S/C9H18O5Si.C8H22N2O2Si/c1-5-9(10)14-7-6-8-15(11-2,12-3)13-4;1-11-13(3,12-2)7-8(6-10)4-5-9/h5H,1,6-8H2,2-4H3;8H,4-7,9-10H2,1-3H3. The van der Waals surface area contributed by atoms with E-state index < -0.39 is 23.3 Å². The van der Waals surface area contributed by atoms with E-state index in [4.69, 9.17) is 38.3 Å². The SMILES string of the molecule is C=CC(=O)OCCC[Si](OC)(OC)OC.CO[Si](C)(CC(CN)CCN)OC. The molecular formula is C17H40N2O7Si2. The first kappa shape index (κ1) is 29.6. The van der Waals surface area contributed by atoms with Gasteiger partial charge in [0, 0.05) is 47.7 Å². The van der Waals surface area contributed by atoms with Crippen LogP contribution in [-0.4, -0.2) is 78.6 Å². The molecule has 1 atom stereocenters. The average Bonchev–Trinajstić information content (AvgIpc) is 2.74. The number of esters is 1. The molecule has 1 unspecified atom stereocenters. The molecule has 0 fully saturated rings. The molecule has 9 nitrogen and oxygen atoms in total. The smallest absolute Gasteiger partial charge is 0.463 e. The Balaban J connectivity index is 0. The Morgan fingerprint density at radius 1 is 1.04 bits per heavy atom. The van der Waals surface area contributed by atoms with Crippen LogP contribution in [0, 0.1) is 5.92 Å². The summed E-state index contributed by atoms with van der Waals surface area (Å²) in [6.45, 7) is 7.00. The highest BCUT2D eigenvalue weighted by atomic mass is 28.4. The Labute approximate surface area is 172 Å². The van der Waals surface area contributed by atoms with Crippen molar-refractivity contribution in [1.29, 1.82) is 0 Å². The van der Waals surface area contributed by atoms with Gasteiger partial charge in [-0.2, -0.15) is 0 Å². The van der Waals surface area contributed by atoms with Gasteiger partial charge in [-0.05, 0) is 44.4 Å². The van der Waals surface area contributed by atoms with Crippen LogP contribution in [-0.2, 0) is 31.7 Å². The van der Waals surface area contributed by atoms with E-state index in [2.05, 4.69) is 6.58 Å². The van der Waals surface area contributed by atoms with E-state index in [0.717, 1.165) is 18.5 Å². The highest BCUT2D eigenvalue weighted by Crippen LogP contribution is 2.19. The van der Waals surface area contributed by atoms with Gasteiger partial charge in [0.05, 0.1) is 6.61 Å². The Kier molecular flexibility index (Phi) is 18.2. The summed E-state index contributed by atoms with van der Waals surface area (Å²) in [6.07, 6.45) is 2.72. The molecule has 0 aliphatic carbocycles. The van der Waals surface area contributed by atoms with E-state index in [1.165, 1.54) is 0 Å². The second-order valence-corrected chi connectivity index (χ2v) is 12.8. The van der Waals surface area contributed by atoms with Crippen LogP contribution >= 0.6 is 0 Å². The van der Waals surface area contributed by atoms with Gasteiger partial charge in [0.1, 0.15) is 0 Å². The Morgan fingerprint density at radius 2 is 1.57 bits per heavy atom. The number of hydrogen-bond acceptors (Lipinski definition) is 9. The van der Waals surface area contributed by atoms with Crippen molar-refractivity contribution in [2.45, 2.75) is 31.5 Å². The maximum atomic E-state index is 10.7. The first-order valence-electron chi connectivity index (χ1n) is 9.20. The molecule has 4 N–H and O–H groups in total. The fraction of sp³-hybridized carbons (Fsp3) is 0.824. The summed E-state index contributed by atoms with van der Waals surface area (Å²) in [7, 11) is 3.58. The van der Waals surface area contributed by atoms with Gasteiger partial charge in [-0.1, -0.05) is 6.58 Å². The van der Waals surface area contributed by atoms with Gasteiger partial charge in [-0.25, -0.2) is 4.79 Å². The minimum Gasteiger partial charge on any atom is -0.463 e. The zero-order valence-corrected chi connectivity index (χ0v) is 20.3. The monoisotopic (exact) mass is 440 g/mol. The molecular weight excluding hydrogens is 400 g/mol. The van der Waals surface area contributed by atoms with Gasteiger partial charge in [-0.15, -0.1) is 0 Å². The molecule has 168 valence electrons. The number of rotatable bonds is 15. The Bertz CT molecular complexity index is 401. The molecule has 0 aliphatic rings. The van der Waals surface area contributed by atoms with E-state index in [-0.39, 0.29) is 0 Å². The lowest BCUT2D eigenvalue weighted by atomic mass is 10.1. The van der Waals surface area contributed by atoms with Crippen LogP contribution in [0.3, 0.4) is 0 Å². The molecule has 0 amide bonds. The highest BCUT2D eigenvalue weighted by Gasteiger charge is 2.37. The van der Waals surface area contributed by atoms with E-state index >= 15 is 0 Å². The third kappa shape index (κ3) is 12.7. The summed E-state index contributed by atoms with van der Waals surface area (Å²) < 4.78 is 31.2. The number of hydrogen-bond donors (Lipinski definition) is 2. The van der Waals surface area contributed by atoms with Gasteiger partial charge in [0.25, 0.3) is 0 Å². The predicted molar refractivity (Wildman–Crippen MR) is 114 cm³/mol. The zero-order valence-electron chi connectivity index (χ0n) is 18.3. The Morgan fingerprint density at radius 3 is 1.93 bits per heavy atom. The van der Waals surface area contributed by atoms with E-state index in [0.29, 0.717) is 38.1 Å². The van der Waals surface area contributed by atoms with Crippen molar-refractivity contribution >= 4 is 23.3 Å². The van der Waals surface area contributed by atoms with Gasteiger partial charge in [-0.3, -0.25) is 0 Å². The van der Waals surface area contributed by atoms with Crippen LogP contribution in [0.15, 0.2) is 12.7 Å². The molecule has 0 aromatic rings. The lowest BCUT2D eigenvalue weighted by molar-refractivity contribution is -0.137. The van der Waals surface area contributed by atoms with E-state index in [1.807, 2.05) is 6.55 Å².